The summed E-state index contributed by atoms with van der Waals surface area (Å²) in [6, 6.07) is 3.86. The number of hydrogen-bond acceptors (Lipinski definition) is 4. The van der Waals surface area contributed by atoms with Crippen molar-refractivity contribution in [1.29, 1.82) is 0 Å². The number of aromatic nitrogens is 3. The summed E-state index contributed by atoms with van der Waals surface area (Å²) in [5.74, 6) is 0.806. The van der Waals surface area contributed by atoms with Crippen LogP contribution >= 0.6 is 0 Å². The quantitative estimate of drug-likeness (QED) is 0.758. The normalized spacial score (nSPS) is 12.5. The lowest BCUT2D eigenvalue weighted by Gasteiger charge is -2.13. The Labute approximate surface area is 134 Å². The molecule has 2 N–H and O–H groups in total. The monoisotopic (exact) mass is 312 g/mol. The Bertz CT molecular complexity index is 815. The number of H-pyrrole nitrogens is 1. The highest BCUT2D eigenvalue weighted by Gasteiger charge is 2.16. The van der Waals surface area contributed by atoms with Crippen LogP contribution in [0, 0.1) is 13.8 Å². The number of fused-ring (bicyclic) bond motifs is 1. The van der Waals surface area contributed by atoms with Crippen LogP contribution in [0.1, 0.15) is 29.5 Å². The fourth-order valence-corrected chi connectivity index (χ4v) is 2.81. The van der Waals surface area contributed by atoms with Gasteiger partial charge in [0.1, 0.15) is 11.4 Å². The van der Waals surface area contributed by atoms with Crippen LogP contribution in [0.2, 0.25) is 0 Å². The summed E-state index contributed by atoms with van der Waals surface area (Å²) in [7, 11) is 0. The number of aryl methyl sites for hydroxylation is 2. The Kier molecular flexibility index (Phi) is 4.14. The van der Waals surface area contributed by atoms with Gasteiger partial charge in [-0.1, -0.05) is 5.16 Å². The Balaban J connectivity index is 1.63. The molecule has 0 bridgehead atoms. The number of rotatable bonds is 5. The summed E-state index contributed by atoms with van der Waals surface area (Å²) >= 11 is 0. The largest absolute Gasteiger partial charge is 0.361 e. The molecule has 23 heavy (non-hydrogen) atoms. The molecule has 0 saturated heterocycles. The highest BCUT2D eigenvalue weighted by Crippen LogP contribution is 2.17. The summed E-state index contributed by atoms with van der Waals surface area (Å²) in [6.45, 7) is 5.79. The molecule has 0 aliphatic rings. The van der Waals surface area contributed by atoms with Crippen LogP contribution in [0.5, 0.6) is 0 Å². The summed E-state index contributed by atoms with van der Waals surface area (Å²) in [6.07, 6.45) is 4.62. The Morgan fingerprint density at radius 3 is 3.00 bits per heavy atom. The average Bonchev–Trinajstić information content (AvgIpc) is 3.06. The van der Waals surface area contributed by atoms with E-state index in [0.29, 0.717) is 12.8 Å². The highest BCUT2D eigenvalue weighted by molar-refractivity contribution is 5.87. The van der Waals surface area contributed by atoms with Crippen LogP contribution in [-0.4, -0.2) is 27.1 Å². The van der Waals surface area contributed by atoms with Crippen molar-refractivity contribution < 1.29 is 9.32 Å². The molecule has 0 aromatic carbocycles. The van der Waals surface area contributed by atoms with Crippen molar-refractivity contribution in [3.8, 4) is 0 Å². The number of hydrogen-bond donors (Lipinski definition) is 2. The second-order valence-corrected chi connectivity index (χ2v) is 5.87. The molecule has 3 heterocycles. The predicted octanol–water partition coefficient (Wildman–Crippen LogP) is 2.46. The molecular formula is C17H20N4O2. The molecule has 0 aliphatic carbocycles. The molecule has 0 spiro atoms. The zero-order valence-corrected chi connectivity index (χ0v) is 13.5. The van der Waals surface area contributed by atoms with E-state index in [1.807, 2.05) is 39.1 Å². The molecule has 1 amide bonds. The lowest BCUT2D eigenvalue weighted by atomic mass is 10.1. The molecule has 1 unspecified atom stereocenters. The zero-order chi connectivity index (χ0) is 16.4. The van der Waals surface area contributed by atoms with E-state index in [4.69, 9.17) is 4.52 Å². The molecule has 0 radical (unpaired) electrons. The fourth-order valence-electron chi connectivity index (χ4n) is 2.81. The molecule has 3 rings (SSSR count). The molecule has 1 atom stereocenters. The van der Waals surface area contributed by atoms with E-state index >= 15 is 0 Å². The maximum absolute atomic E-state index is 12.3. The molecule has 6 heteroatoms. The van der Waals surface area contributed by atoms with Crippen molar-refractivity contribution in [2.24, 2.45) is 0 Å². The number of amides is 1. The number of aromatic amines is 1. The van der Waals surface area contributed by atoms with E-state index in [1.165, 1.54) is 0 Å². The number of carbonyl (C=O) groups is 1. The minimum absolute atomic E-state index is 0.00554. The first-order valence-corrected chi connectivity index (χ1v) is 7.66. The van der Waals surface area contributed by atoms with Gasteiger partial charge in [0, 0.05) is 29.4 Å². The summed E-state index contributed by atoms with van der Waals surface area (Å²) in [4.78, 5) is 19.6. The third-order valence-electron chi connectivity index (χ3n) is 3.99. The Morgan fingerprint density at radius 1 is 1.43 bits per heavy atom. The van der Waals surface area contributed by atoms with Crippen molar-refractivity contribution in [3.05, 3.63) is 47.1 Å². The van der Waals surface area contributed by atoms with Gasteiger partial charge in [-0.3, -0.25) is 4.79 Å². The minimum atomic E-state index is -0.00554. The molecule has 0 fully saturated rings. The van der Waals surface area contributed by atoms with Crippen LogP contribution in [0.3, 0.4) is 0 Å². The molecule has 3 aromatic heterocycles. The first kappa shape index (κ1) is 15.3. The Hall–Kier alpha value is -2.63. The summed E-state index contributed by atoms with van der Waals surface area (Å²) < 4.78 is 5.16. The van der Waals surface area contributed by atoms with Gasteiger partial charge in [0.2, 0.25) is 5.91 Å². The van der Waals surface area contributed by atoms with Gasteiger partial charge in [-0.25, -0.2) is 4.98 Å². The lowest BCUT2D eigenvalue weighted by Crippen LogP contribution is -2.35. The van der Waals surface area contributed by atoms with E-state index in [9.17, 15) is 4.79 Å². The van der Waals surface area contributed by atoms with Crippen LogP contribution < -0.4 is 5.32 Å². The van der Waals surface area contributed by atoms with Gasteiger partial charge >= 0.3 is 0 Å². The van der Waals surface area contributed by atoms with E-state index < -0.39 is 0 Å². The molecular weight excluding hydrogens is 292 g/mol. The summed E-state index contributed by atoms with van der Waals surface area (Å²) in [5.41, 5.74) is 3.70. The first-order chi connectivity index (χ1) is 11.0. The van der Waals surface area contributed by atoms with Gasteiger partial charge in [0.25, 0.3) is 0 Å². The van der Waals surface area contributed by atoms with Crippen molar-refractivity contribution in [2.45, 2.75) is 39.7 Å². The topological polar surface area (TPSA) is 83.8 Å². The Morgan fingerprint density at radius 2 is 2.26 bits per heavy atom. The van der Waals surface area contributed by atoms with E-state index in [1.54, 1.807) is 6.20 Å². The average molecular weight is 312 g/mol. The maximum Gasteiger partial charge on any atom is 0.224 e. The second kappa shape index (κ2) is 6.24. The molecule has 0 saturated carbocycles. The predicted molar refractivity (Wildman–Crippen MR) is 87.1 cm³/mol. The van der Waals surface area contributed by atoms with Crippen LogP contribution in [-0.2, 0) is 17.6 Å². The van der Waals surface area contributed by atoms with Gasteiger partial charge in [0.15, 0.2) is 0 Å². The van der Waals surface area contributed by atoms with Crippen LogP contribution in [0.4, 0.5) is 0 Å². The number of carbonyl (C=O) groups excluding carboxylic acids is 1. The molecule has 6 nitrogen and oxygen atoms in total. The lowest BCUT2D eigenvalue weighted by molar-refractivity contribution is -0.121. The number of nitrogens with zero attached hydrogens (tertiary/aromatic N) is 2. The van der Waals surface area contributed by atoms with Crippen LogP contribution in [0.25, 0.3) is 11.0 Å². The van der Waals surface area contributed by atoms with Crippen molar-refractivity contribution >= 4 is 16.9 Å². The van der Waals surface area contributed by atoms with Gasteiger partial charge in [0.05, 0.1) is 12.1 Å². The van der Waals surface area contributed by atoms with Crippen LogP contribution in [0.15, 0.2) is 29.0 Å². The summed E-state index contributed by atoms with van der Waals surface area (Å²) in [5, 5.41) is 7.96. The SMILES string of the molecule is Cc1noc(C)c1CC(C)NC(=O)Cc1c[nH]c2ncccc12. The number of pyridine rings is 1. The minimum Gasteiger partial charge on any atom is -0.361 e. The van der Waals surface area contributed by atoms with Gasteiger partial charge in [-0.15, -0.1) is 0 Å². The van der Waals surface area contributed by atoms with Gasteiger partial charge in [-0.05, 0) is 44.9 Å². The van der Waals surface area contributed by atoms with E-state index in [2.05, 4.69) is 20.4 Å². The van der Waals surface area contributed by atoms with Crippen molar-refractivity contribution in [3.63, 3.8) is 0 Å². The third-order valence-corrected chi connectivity index (χ3v) is 3.99. The van der Waals surface area contributed by atoms with E-state index in [0.717, 1.165) is 33.6 Å². The highest BCUT2D eigenvalue weighted by atomic mass is 16.5. The number of nitrogens with one attached hydrogen (secondary N) is 2. The third kappa shape index (κ3) is 3.26. The zero-order valence-electron chi connectivity index (χ0n) is 13.5. The fraction of sp³-hybridized carbons (Fsp3) is 0.353. The second-order valence-electron chi connectivity index (χ2n) is 5.87. The van der Waals surface area contributed by atoms with Crippen molar-refractivity contribution in [1.82, 2.24) is 20.4 Å². The first-order valence-electron chi connectivity index (χ1n) is 7.66. The molecule has 3 aromatic rings. The van der Waals surface area contributed by atoms with E-state index in [-0.39, 0.29) is 11.9 Å². The smallest absolute Gasteiger partial charge is 0.224 e. The van der Waals surface area contributed by atoms with Gasteiger partial charge < -0.3 is 14.8 Å². The standard InChI is InChI=1S/C17H20N4O2/c1-10(7-15-11(2)21-23-12(15)3)20-16(22)8-13-9-19-17-14(13)5-4-6-18-17/h4-6,9-10H,7-8H2,1-3H3,(H,18,19)(H,20,22). The molecule has 120 valence electrons. The van der Waals surface area contributed by atoms with Crippen molar-refractivity contribution in [2.75, 3.05) is 0 Å². The maximum atomic E-state index is 12.3. The van der Waals surface area contributed by atoms with Gasteiger partial charge in [-0.2, -0.15) is 0 Å². The molecule has 0 aliphatic heterocycles.